The van der Waals surface area contributed by atoms with Crippen LogP contribution in [0.15, 0.2) is 53.5 Å². The Kier molecular flexibility index (Phi) is 4.02. The summed E-state index contributed by atoms with van der Waals surface area (Å²) >= 11 is 1.46. The van der Waals surface area contributed by atoms with E-state index >= 15 is 0 Å². The first-order valence-electron chi connectivity index (χ1n) is 6.71. The molecular formula is C16H14FN3OS. The number of amides is 1. The number of aromatic nitrogens is 2. The van der Waals surface area contributed by atoms with Gasteiger partial charge in [0.1, 0.15) is 17.7 Å². The number of hydrogen-bond acceptors (Lipinski definition) is 3. The van der Waals surface area contributed by atoms with Crippen molar-refractivity contribution in [3.05, 3.63) is 76.3 Å². The minimum atomic E-state index is -0.437. The molecule has 0 aliphatic carbocycles. The number of nitrogens with one attached hydrogen (secondary N) is 1. The molecule has 1 atom stereocenters. The SMILES string of the molecule is Cn1ccnc1C(NC(=O)c1ccsc1)c1ccc(F)cc1. The van der Waals surface area contributed by atoms with Crippen LogP contribution in [0.1, 0.15) is 27.8 Å². The van der Waals surface area contributed by atoms with Crippen molar-refractivity contribution in [2.75, 3.05) is 0 Å². The Bertz CT molecular complexity index is 765. The van der Waals surface area contributed by atoms with E-state index in [4.69, 9.17) is 0 Å². The lowest BCUT2D eigenvalue weighted by Crippen LogP contribution is -2.30. The fraction of sp³-hybridized carbons (Fsp3) is 0.125. The van der Waals surface area contributed by atoms with Crippen LogP contribution in [-0.2, 0) is 7.05 Å². The van der Waals surface area contributed by atoms with Crippen LogP contribution in [0.4, 0.5) is 4.39 Å². The van der Waals surface area contributed by atoms with Crippen molar-refractivity contribution >= 4 is 17.2 Å². The van der Waals surface area contributed by atoms with Gasteiger partial charge in [0.2, 0.25) is 0 Å². The van der Waals surface area contributed by atoms with Crippen molar-refractivity contribution in [1.82, 2.24) is 14.9 Å². The van der Waals surface area contributed by atoms with Crippen LogP contribution in [-0.4, -0.2) is 15.5 Å². The van der Waals surface area contributed by atoms with Crippen LogP contribution in [0.2, 0.25) is 0 Å². The Labute approximate surface area is 131 Å². The minimum Gasteiger partial charge on any atom is -0.338 e. The lowest BCUT2D eigenvalue weighted by atomic mass is 10.1. The number of rotatable bonds is 4. The van der Waals surface area contributed by atoms with Crippen molar-refractivity contribution < 1.29 is 9.18 Å². The maximum absolute atomic E-state index is 13.2. The third-order valence-electron chi connectivity index (χ3n) is 3.38. The quantitative estimate of drug-likeness (QED) is 0.804. The van der Waals surface area contributed by atoms with Gasteiger partial charge in [-0.15, -0.1) is 0 Å². The molecule has 1 aromatic carbocycles. The summed E-state index contributed by atoms with van der Waals surface area (Å²) in [4.78, 5) is 16.7. The molecule has 1 unspecified atom stereocenters. The first-order valence-corrected chi connectivity index (χ1v) is 7.65. The second-order valence-electron chi connectivity index (χ2n) is 4.87. The van der Waals surface area contributed by atoms with Gasteiger partial charge in [0.15, 0.2) is 0 Å². The van der Waals surface area contributed by atoms with Gasteiger partial charge in [0.05, 0.1) is 5.56 Å². The standard InChI is InChI=1S/C16H14FN3OS/c1-20-8-7-18-15(20)14(11-2-4-13(17)5-3-11)19-16(21)12-6-9-22-10-12/h2-10,14H,1H3,(H,19,21). The molecule has 1 N–H and O–H groups in total. The van der Waals surface area contributed by atoms with Gasteiger partial charge in [0, 0.05) is 24.8 Å². The normalized spacial score (nSPS) is 12.1. The summed E-state index contributed by atoms with van der Waals surface area (Å²) in [6.45, 7) is 0. The van der Waals surface area contributed by atoms with Gasteiger partial charge < -0.3 is 9.88 Å². The molecule has 0 radical (unpaired) electrons. The van der Waals surface area contributed by atoms with Crippen LogP contribution in [0, 0.1) is 5.82 Å². The number of benzene rings is 1. The van der Waals surface area contributed by atoms with Crippen LogP contribution >= 0.6 is 11.3 Å². The van der Waals surface area contributed by atoms with E-state index in [1.165, 1.54) is 23.5 Å². The molecule has 112 valence electrons. The molecule has 3 aromatic rings. The Morgan fingerprint density at radius 3 is 2.68 bits per heavy atom. The largest absolute Gasteiger partial charge is 0.338 e. The number of aryl methyl sites for hydroxylation is 1. The van der Waals surface area contributed by atoms with Gasteiger partial charge >= 0.3 is 0 Å². The average molecular weight is 315 g/mol. The molecule has 2 heterocycles. The zero-order chi connectivity index (χ0) is 15.5. The van der Waals surface area contributed by atoms with Crippen molar-refractivity contribution in [2.24, 2.45) is 7.05 Å². The van der Waals surface area contributed by atoms with Gasteiger partial charge in [-0.3, -0.25) is 4.79 Å². The molecule has 22 heavy (non-hydrogen) atoms. The first-order chi connectivity index (χ1) is 10.6. The third kappa shape index (κ3) is 2.92. The molecule has 3 rings (SSSR count). The maximum Gasteiger partial charge on any atom is 0.252 e. The monoisotopic (exact) mass is 315 g/mol. The van der Waals surface area contributed by atoms with Crippen molar-refractivity contribution in [1.29, 1.82) is 0 Å². The summed E-state index contributed by atoms with van der Waals surface area (Å²) in [6.07, 6.45) is 3.48. The van der Waals surface area contributed by atoms with Gasteiger partial charge in [-0.05, 0) is 29.1 Å². The second-order valence-corrected chi connectivity index (χ2v) is 5.65. The van der Waals surface area contributed by atoms with Gasteiger partial charge in [-0.2, -0.15) is 11.3 Å². The van der Waals surface area contributed by atoms with Crippen LogP contribution in [0.25, 0.3) is 0 Å². The van der Waals surface area contributed by atoms with E-state index in [1.807, 2.05) is 23.2 Å². The number of carbonyl (C=O) groups is 1. The highest BCUT2D eigenvalue weighted by atomic mass is 32.1. The number of halogens is 1. The summed E-state index contributed by atoms with van der Waals surface area (Å²) in [7, 11) is 1.86. The molecule has 0 aliphatic rings. The lowest BCUT2D eigenvalue weighted by molar-refractivity contribution is 0.0941. The summed E-state index contributed by atoms with van der Waals surface area (Å²) in [6, 6.07) is 7.39. The topological polar surface area (TPSA) is 46.9 Å². The van der Waals surface area contributed by atoms with E-state index in [2.05, 4.69) is 10.3 Å². The predicted octanol–water partition coefficient (Wildman–Crippen LogP) is 3.14. The number of hydrogen-bond donors (Lipinski definition) is 1. The van der Waals surface area contributed by atoms with Gasteiger partial charge in [-0.25, -0.2) is 9.37 Å². The summed E-state index contributed by atoms with van der Waals surface area (Å²) < 4.78 is 15.0. The molecule has 2 aromatic heterocycles. The van der Waals surface area contributed by atoms with E-state index < -0.39 is 6.04 Å². The van der Waals surface area contributed by atoms with E-state index in [0.29, 0.717) is 11.4 Å². The molecule has 1 amide bonds. The molecule has 0 saturated heterocycles. The number of thiophene rings is 1. The molecule has 0 aliphatic heterocycles. The fourth-order valence-corrected chi connectivity index (χ4v) is 2.85. The summed E-state index contributed by atoms with van der Waals surface area (Å²) in [5.74, 6) is 0.195. The zero-order valence-corrected chi connectivity index (χ0v) is 12.7. The average Bonchev–Trinajstić information content (AvgIpc) is 3.17. The van der Waals surface area contributed by atoms with Crippen molar-refractivity contribution in [3.63, 3.8) is 0 Å². The molecule has 0 bridgehead atoms. The second kappa shape index (κ2) is 6.11. The predicted molar refractivity (Wildman–Crippen MR) is 83.2 cm³/mol. The van der Waals surface area contributed by atoms with E-state index in [1.54, 1.807) is 29.8 Å². The number of imidazole rings is 1. The summed E-state index contributed by atoms with van der Waals surface area (Å²) in [5.41, 5.74) is 1.38. The summed E-state index contributed by atoms with van der Waals surface area (Å²) in [5, 5.41) is 6.60. The molecule has 0 fully saturated rings. The van der Waals surface area contributed by atoms with Crippen LogP contribution in [0.5, 0.6) is 0 Å². The number of carbonyl (C=O) groups excluding carboxylic acids is 1. The third-order valence-corrected chi connectivity index (χ3v) is 4.06. The zero-order valence-electron chi connectivity index (χ0n) is 11.9. The smallest absolute Gasteiger partial charge is 0.252 e. The molecule has 6 heteroatoms. The van der Waals surface area contributed by atoms with Gasteiger partial charge in [-0.1, -0.05) is 12.1 Å². The Hall–Kier alpha value is -2.47. The molecule has 0 spiro atoms. The first kappa shape index (κ1) is 14.5. The Morgan fingerprint density at radius 2 is 2.09 bits per heavy atom. The molecule has 0 saturated carbocycles. The van der Waals surface area contributed by atoms with Crippen molar-refractivity contribution in [3.8, 4) is 0 Å². The van der Waals surface area contributed by atoms with Crippen molar-refractivity contribution in [2.45, 2.75) is 6.04 Å². The highest BCUT2D eigenvalue weighted by molar-refractivity contribution is 7.08. The van der Waals surface area contributed by atoms with Gasteiger partial charge in [0.25, 0.3) is 5.91 Å². The highest BCUT2D eigenvalue weighted by Gasteiger charge is 2.21. The minimum absolute atomic E-state index is 0.182. The lowest BCUT2D eigenvalue weighted by Gasteiger charge is -2.19. The Morgan fingerprint density at radius 1 is 1.32 bits per heavy atom. The molecule has 4 nitrogen and oxygen atoms in total. The Balaban J connectivity index is 1.95. The fourth-order valence-electron chi connectivity index (χ4n) is 2.22. The van der Waals surface area contributed by atoms with E-state index in [0.717, 1.165) is 5.56 Å². The molecular weight excluding hydrogens is 301 g/mol. The van der Waals surface area contributed by atoms with Crippen LogP contribution in [0.3, 0.4) is 0 Å². The van der Waals surface area contributed by atoms with E-state index in [9.17, 15) is 9.18 Å². The van der Waals surface area contributed by atoms with Crippen LogP contribution < -0.4 is 5.32 Å². The highest BCUT2D eigenvalue weighted by Crippen LogP contribution is 2.21. The number of nitrogens with zero attached hydrogens (tertiary/aromatic N) is 2. The maximum atomic E-state index is 13.2. The van der Waals surface area contributed by atoms with E-state index in [-0.39, 0.29) is 11.7 Å².